The molecule has 0 radical (unpaired) electrons. The van der Waals surface area contributed by atoms with E-state index in [0.29, 0.717) is 28.8 Å². The number of benzene rings is 2. The number of ether oxygens (including phenoxy) is 2. The van der Waals surface area contributed by atoms with Gasteiger partial charge in [0.05, 0.1) is 7.11 Å². The lowest BCUT2D eigenvalue weighted by Crippen LogP contribution is -2.13. The van der Waals surface area contributed by atoms with E-state index in [1.807, 2.05) is 36.4 Å². The lowest BCUT2D eigenvalue weighted by Gasteiger charge is -2.11. The number of carbonyl (C=O) groups is 1. The second kappa shape index (κ2) is 9.35. The minimum absolute atomic E-state index is 0.0322. The fourth-order valence-corrected chi connectivity index (χ4v) is 2.92. The van der Waals surface area contributed by atoms with Crippen molar-refractivity contribution < 1.29 is 14.3 Å². The Labute approximate surface area is 166 Å². The molecule has 0 saturated heterocycles. The van der Waals surface area contributed by atoms with Crippen LogP contribution < -0.4 is 14.8 Å². The predicted octanol–water partition coefficient (Wildman–Crippen LogP) is 4.28. The highest BCUT2D eigenvalue weighted by atomic mass is 32.1. The van der Waals surface area contributed by atoms with E-state index in [9.17, 15) is 10.1 Å². The molecular weight excluding hydrogens is 374 g/mol. The van der Waals surface area contributed by atoms with E-state index in [1.54, 1.807) is 36.9 Å². The van der Waals surface area contributed by atoms with Crippen LogP contribution in [-0.2, 0) is 11.4 Å². The molecule has 0 atom stereocenters. The molecule has 1 amide bonds. The first-order valence-electron chi connectivity index (χ1n) is 8.37. The summed E-state index contributed by atoms with van der Waals surface area (Å²) in [5, 5.41) is 14.1. The van der Waals surface area contributed by atoms with Gasteiger partial charge in [0.25, 0.3) is 5.91 Å². The van der Waals surface area contributed by atoms with Crippen LogP contribution in [0.3, 0.4) is 0 Å². The number of anilines is 1. The van der Waals surface area contributed by atoms with Crippen LogP contribution >= 0.6 is 11.3 Å². The molecule has 2 aromatic carbocycles. The fraction of sp³-hybridized carbons (Fsp3) is 0.0952. The summed E-state index contributed by atoms with van der Waals surface area (Å²) in [6.45, 7) is 0.409. The molecule has 3 rings (SSSR count). The van der Waals surface area contributed by atoms with Crippen molar-refractivity contribution in [2.24, 2.45) is 0 Å². The van der Waals surface area contributed by atoms with Crippen LogP contribution in [0.5, 0.6) is 11.5 Å². The lowest BCUT2D eigenvalue weighted by molar-refractivity contribution is -0.112. The Morgan fingerprint density at radius 3 is 2.75 bits per heavy atom. The zero-order valence-electron chi connectivity index (χ0n) is 15.1. The molecule has 140 valence electrons. The van der Waals surface area contributed by atoms with Crippen LogP contribution in [0.25, 0.3) is 6.08 Å². The summed E-state index contributed by atoms with van der Waals surface area (Å²) in [6, 6.07) is 16.9. The number of thiazole rings is 1. The Hall–Kier alpha value is -3.63. The number of methoxy groups -OCH3 is 1. The highest BCUT2D eigenvalue weighted by molar-refractivity contribution is 7.13. The average molecular weight is 391 g/mol. The summed E-state index contributed by atoms with van der Waals surface area (Å²) in [4.78, 5) is 16.2. The Balaban J connectivity index is 1.75. The maximum atomic E-state index is 12.2. The molecule has 3 aromatic rings. The summed E-state index contributed by atoms with van der Waals surface area (Å²) < 4.78 is 11.2. The van der Waals surface area contributed by atoms with Crippen molar-refractivity contribution in [3.8, 4) is 17.6 Å². The van der Waals surface area contributed by atoms with Gasteiger partial charge < -0.3 is 9.47 Å². The lowest BCUT2D eigenvalue weighted by atomic mass is 10.1. The maximum Gasteiger partial charge on any atom is 0.268 e. The zero-order chi connectivity index (χ0) is 19.8. The van der Waals surface area contributed by atoms with Gasteiger partial charge in [-0.15, -0.1) is 11.3 Å². The van der Waals surface area contributed by atoms with Crippen LogP contribution in [0.1, 0.15) is 11.1 Å². The van der Waals surface area contributed by atoms with Crippen molar-refractivity contribution in [1.82, 2.24) is 4.98 Å². The third-order valence-corrected chi connectivity index (χ3v) is 4.44. The minimum Gasteiger partial charge on any atom is -0.493 e. The smallest absolute Gasteiger partial charge is 0.268 e. The molecule has 0 fully saturated rings. The first kappa shape index (κ1) is 19.1. The highest BCUT2D eigenvalue weighted by Gasteiger charge is 2.12. The summed E-state index contributed by atoms with van der Waals surface area (Å²) in [6.07, 6.45) is 3.07. The maximum absolute atomic E-state index is 12.2. The minimum atomic E-state index is -0.513. The van der Waals surface area contributed by atoms with Crippen molar-refractivity contribution in [2.45, 2.75) is 6.61 Å². The number of rotatable bonds is 7. The number of carbonyl (C=O) groups excluding carboxylic acids is 1. The molecular formula is C21H17N3O3S. The Bertz CT molecular complexity index is 1010. The normalized spacial score (nSPS) is 10.8. The van der Waals surface area contributed by atoms with Crippen LogP contribution in [0.15, 0.2) is 65.7 Å². The molecule has 28 heavy (non-hydrogen) atoms. The number of nitriles is 1. The first-order valence-corrected chi connectivity index (χ1v) is 9.25. The molecule has 0 aliphatic heterocycles. The SMILES string of the molecule is COc1cc(/C=C(\C#N)C(=O)Nc2nccs2)ccc1OCc1ccccc1. The summed E-state index contributed by atoms with van der Waals surface area (Å²) in [5.74, 6) is 0.581. The van der Waals surface area contributed by atoms with Crippen LogP contribution in [0.4, 0.5) is 5.13 Å². The zero-order valence-corrected chi connectivity index (χ0v) is 15.9. The fourth-order valence-electron chi connectivity index (χ4n) is 2.39. The van der Waals surface area contributed by atoms with E-state index < -0.39 is 5.91 Å². The van der Waals surface area contributed by atoms with E-state index in [4.69, 9.17) is 9.47 Å². The van der Waals surface area contributed by atoms with Gasteiger partial charge in [-0.05, 0) is 29.3 Å². The number of hydrogen-bond acceptors (Lipinski definition) is 6. The molecule has 0 spiro atoms. The number of aromatic nitrogens is 1. The summed E-state index contributed by atoms with van der Waals surface area (Å²) in [5.41, 5.74) is 1.66. The molecule has 0 aliphatic carbocycles. The molecule has 1 aromatic heterocycles. The van der Waals surface area contributed by atoms with Gasteiger partial charge in [0.15, 0.2) is 16.6 Å². The number of nitrogens with one attached hydrogen (secondary N) is 1. The van der Waals surface area contributed by atoms with E-state index in [0.717, 1.165) is 5.56 Å². The summed E-state index contributed by atoms with van der Waals surface area (Å²) in [7, 11) is 1.54. The number of hydrogen-bond donors (Lipinski definition) is 1. The van der Waals surface area contributed by atoms with E-state index in [1.165, 1.54) is 17.4 Å². The van der Waals surface area contributed by atoms with Gasteiger partial charge in [-0.1, -0.05) is 36.4 Å². The van der Waals surface area contributed by atoms with Crippen LogP contribution in [-0.4, -0.2) is 18.0 Å². The highest BCUT2D eigenvalue weighted by Crippen LogP contribution is 2.29. The molecule has 1 heterocycles. The third-order valence-electron chi connectivity index (χ3n) is 3.75. The monoisotopic (exact) mass is 391 g/mol. The summed E-state index contributed by atoms with van der Waals surface area (Å²) >= 11 is 1.28. The van der Waals surface area contributed by atoms with Crippen LogP contribution in [0, 0.1) is 11.3 Å². The predicted molar refractivity (Wildman–Crippen MR) is 108 cm³/mol. The standard InChI is InChI=1S/C21H17N3O3S/c1-26-19-12-16(7-8-18(19)27-14-15-5-3-2-4-6-15)11-17(13-22)20(25)24-21-23-9-10-28-21/h2-12H,14H2,1H3,(H,23,24,25)/b17-11+. The Morgan fingerprint density at radius 1 is 1.25 bits per heavy atom. The second-order valence-corrected chi connectivity index (χ2v) is 6.54. The van der Waals surface area contributed by atoms with Gasteiger partial charge in [0, 0.05) is 11.6 Å². The van der Waals surface area contributed by atoms with E-state index in [-0.39, 0.29) is 5.57 Å². The third kappa shape index (κ3) is 4.96. The van der Waals surface area contributed by atoms with Gasteiger partial charge in [-0.3, -0.25) is 10.1 Å². The van der Waals surface area contributed by atoms with Crippen molar-refractivity contribution in [3.05, 3.63) is 76.8 Å². The molecule has 0 unspecified atom stereocenters. The van der Waals surface area contributed by atoms with Crippen LogP contribution in [0.2, 0.25) is 0 Å². The molecule has 0 saturated carbocycles. The van der Waals surface area contributed by atoms with Gasteiger partial charge in [0.2, 0.25) is 0 Å². The van der Waals surface area contributed by atoms with Crippen molar-refractivity contribution in [2.75, 3.05) is 12.4 Å². The topological polar surface area (TPSA) is 84.2 Å². The van der Waals surface area contributed by atoms with Crippen molar-refractivity contribution >= 4 is 28.5 Å². The number of amides is 1. The second-order valence-electron chi connectivity index (χ2n) is 5.65. The molecule has 0 aliphatic rings. The van der Waals surface area contributed by atoms with Gasteiger partial charge >= 0.3 is 0 Å². The quantitative estimate of drug-likeness (QED) is 0.480. The van der Waals surface area contributed by atoms with Crippen molar-refractivity contribution in [3.63, 3.8) is 0 Å². The molecule has 7 heteroatoms. The number of nitrogens with zero attached hydrogens (tertiary/aromatic N) is 2. The molecule has 6 nitrogen and oxygen atoms in total. The Morgan fingerprint density at radius 2 is 2.07 bits per heavy atom. The van der Waals surface area contributed by atoms with E-state index >= 15 is 0 Å². The van der Waals surface area contributed by atoms with Crippen molar-refractivity contribution in [1.29, 1.82) is 5.26 Å². The average Bonchev–Trinajstić information content (AvgIpc) is 3.24. The molecule has 1 N–H and O–H groups in total. The Kier molecular flexibility index (Phi) is 6.39. The van der Waals surface area contributed by atoms with Gasteiger partial charge in [0.1, 0.15) is 18.2 Å². The van der Waals surface area contributed by atoms with E-state index in [2.05, 4.69) is 10.3 Å². The van der Waals surface area contributed by atoms with Gasteiger partial charge in [-0.25, -0.2) is 4.98 Å². The van der Waals surface area contributed by atoms with Gasteiger partial charge in [-0.2, -0.15) is 5.26 Å². The first-order chi connectivity index (χ1) is 13.7. The molecule has 0 bridgehead atoms. The largest absolute Gasteiger partial charge is 0.493 e.